The van der Waals surface area contributed by atoms with Crippen LogP contribution >= 0.6 is 0 Å². The Kier molecular flexibility index (Phi) is 5.07. The summed E-state index contributed by atoms with van der Waals surface area (Å²) < 4.78 is 5.88. The molecule has 1 aliphatic rings. The molecular weight excluding hydrogens is 238 g/mol. The van der Waals surface area contributed by atoms with Gasteiger partial charge in [0.2, 0.25) is 0 Å². The molecule has 0 aromatic heterocycles. The summed E-state index contributed by atoms with van der Waals surface area (Å²) in [5.74, 6) is 1.89. The van der Waals surface area contributed by atoms with Gasteiger partial charge in [0.15, 0.2) is 5.96 Å². The van der Waals surface area contributed by atoms with Crippen molar-refractivity contribution in [3.05, 3.63) is 29.8 Å². The van der Waals surface area contributed by atoms with E-state index in [9.17, 15) is 0 Å². The van der Waals surface area contributed by atoms with Crippen molar-refractivity contribution in [3.8, 4) is 5.75 Å². The van der Waals surface area contributed by atoms with Gasteiger partial charge in [-0.25, -0.2) is 4.99 Å². The van der Waals surface area contributed by atoms with E-state index in [1.807, 2.05) is 12.1 Å². The Labute approximate surface area is 115 Å². The Morgan fingerprint density at radius 1 is 1.32 bits per heavy atom. The van der Waals surface area contributed by atoms with Crippen LogP contribution in [-0.4, -0.2) is 31.7 Å². The average molecular weight is 261 g/mol. The first kappa shape index (κ1) is 13.7. The molecule has 0 saturated carbocycles. The number of nitrogens with one attached hydrogen (secondary N) is 2. The average Bonchev–Trinajstić information content (AvgIpc) is 2.84. The lowest BCUT2D eigenvalue weighted by Gasteiger charge is -2.12. The molecule has 4 nitrogen and oxygen atoms in total. The lowest BCUT2D eigenvalue weighted by molar-refractivity contribution is 0.241. The number of nitrogens with zero attached hydrogens (tertiary/aromatic N) is 1. The van der Waals surface area contributed by atoms with E-state index in [4.69, 9.17) is 4.74 Å². The number of aliphatic imine (C=N–C) groups is 1. The number of ether oxygens (including phenoxy) is 1. The van der Waals surface area contributed by atoms with Gasteiger partial charge in [0, 0.05) is 19.5 Å². The van der Waals surface area contributed by atoms with E-state index in [1.54, 1.807) is 0 Å². The molecule has 1 aromatic rings. The number of rotatable bonds is 5. The highest BCUT2D eigenvalue weighted by molar-refractivity contribution is 5.79. The van der Waals surface area contributed by atoms with Gasteiger partial charge in [0.25, 0.3) is 0 Å². The molecule has 0 amide bonds. The molecule has 2 rings (SSSR count). The molecule has 104 valence electrons. The fourth-order valence-corrected chi connectivity index (χ4v) is 2.13. The monoisotopic (exact) mass is 261 g/mol. The first-order chi connectivity index (χ1) is 9.33. The predicted molar refractivity (Wildman–Crippen MR) is 78.8 cm³/mol. The van der Waals surface area contributed by atoms with Crippen LogP contribution < -0.4 is 15.4 Å². The molecule has 0 fully saturated rings. The van der Waals surface area contributed by atoms with Crippen molar-refractivity contribution in [3.63, 3.8) is 0 Å². The minimum Gasteiger partial charge on any atom is -0.488 e. The Hall–Kier alpha value is -1.71. The molecule has 0 bridgehead atoms. The largest absolute Gasteiger partial charge is 0.488 e. The molecule has 0 saturated heterocycles. The molecule has 1 aliphatic heterocycles. The molecule has 0 spiro atoms. The zero-order chi connectivity index (χ0) is 13.5. The molecule has 0 aliphatic carbocycles. The topological polar surface area (TPSA) is 45.7 Å². The zero-order valence-electron chi connectivity index (χ0n) is 11.8. The van der Waals surface area contributed by atoms with Gasteiger partial charge in [-0.15, -0.1) is 0 Å². The molecule has 1 atom stereocenters. The van der Waals surface area contributed by atoms with Crippen molar-refractivity contribution in [1.82, 2.24) is 10.6 Å². The fourth-order valence-electron chi connectivity index (χ4n) is 2.13. The third-order valence-electron chi connectivity index (χ3n) is 3.05. The van der Waals surface area contributed by atoms with Crippen molar-refractivity contribution in [2.75, 3.05) is 19.6 Å². The molecule has 19 heavy (non-hydrogen) atoms. The number of hydrogen-bond donors (Lipinski definition) is 2. The van der Waals surface area contributed by atoms with Gasteiger partial charge >= 0.3 is 0 Å². The maximum atomic E-state index is 5.88. The molecule has 1 heterocycles. The quantitative estimate of drug-likeness (QED) is 0.629. The van der Waals surface area contributed by atoms with Crippen LogP contribution in [0.2, 0.25) is 0 Å². The summed E-state index contributed by atoms with van der Waals surface area (Å²) in [6, 6.07) is 8.22. The predicted octanol–water partition coefficient (Wildman–Crippen LogP) is 1.96. The summed E-state index contributed by atoms with van der Waals surface area (Å²) in [7, 11) is 0. The normalized spacial score (nSPS) is 17.8. The molecule has 1 unspecified atom stereocenters. The minimum atomic E-state index is 0.162. The fraction of sp³-hybridized carbons (Fsp3) is 0.533. The van der Waals surface area contributed by atoms with E-state index >= 15 is 0 Å². The molecule has 1 aromatic carbocycles. The summed E-state index contributed by atoms with van der Waals surface area (Å²) in [6.07, 6.45) is 2.21. The molecule has 0 radical (unpaired) electrons. The lowest BCUT2D eigenvalue weighted by atomic mass is 10.1. The van der Waals surface area contributed by atoms with Gasteiger partial charge in [-0.1, -0.05) is 25.1 Å². The smallest absolute Gasteiger partial charge is 0.191 e. The highest BCUT2D eigenvalue weighted by Crippen LogP contribution is 2.27. The molecule has 2 N–H and O–H groups in total. The third-order valence-corrected chi connectivity index (χ3v) is 3.05. The summed E-state index contributed by atoms with van der Waals surface area (Å²) in [5.41, 5.74) is 1.29. The van der Waals surface area contributed by atoms with Crippen LogP contribution in [0, 0.1) is 0 Å². The van der Waals surface area contributed by atoms with Gasteiger partial charge in [-0.2, -0.15) is 0 Å². The number of benzene rings is 1. The Morgan fingerprint density at radius 2 is 2.16 bits per heavy atom. The van der Waals surface area contributed by atoms with E-state index in [1.165, 1.54) is 5.56 Å². The van der Waals surface area contributed by atoms with Crippen LogP contribution in [0.15, 0.2) is 29.3 Å². The number of hydrogen-bond acceptors (Lipinski definition) is 2. The van der Waals surface area contributed by atoms with Crippen LogP contribution in [0.5, 0.6) is 5.75 Å². The number of fused-ring (bicyclic) bond motifs is 1. The van der Waals surface area contributed by atoms with Crippen LogP contribution in [0.25, 0.3) is 0 Å². The number of guanidine groups is 1. The second-order valence-electron chi connectivity index (χ2n) is 4.70. The molecule has 4 heteroatoms. The highest BCUT2D eigenvalue weighted by Gasteiger charge is 2.21. The summed E-state index contributed by atoms with van der Waals surface area (Å²) in [5, 5.41) is 6.54. The second-order valence-corrected chi connectivity index (χ2v) is 4.70. The van der Waals surface area contributed by atoms with Crippen molar-refractivity contribution < 1.29 is 4.74 Å². The van der Waals surface area contributed by atoms with Crippen molar-refractivity contribution in [2.24, 2.45) is 4.99 Å². The van der Waals surface area contributed by atoms with Crippen molar-refractivity contribution >= 4 is 5.96 Å². The highest BCUT2D eigenvalue weighted by atomic mass is 16.5. The SMILES string of the molecule is CCCNC(=NCC1Cc2ccccc2O1)NCC. The van der Waals surface area contributed by atoms with Crippen molar-refractivity contribution in [1.29, 1.82) is 0 Å². The van der Waals surface area contributed by atoms with E-state index in [-0.39, 0.29) is 6.10 Å². The van der Waals surface area contributed by atoms with E-state index < -0.39 is 0 Å². The van der Waals surface area contributed by atoms with Gasteiger partial charge < -0.3 is 15.4 Å². The lowest BCUT2D eigenvalue weighted by Crippen LogP contribution is -2.38. The zero-order valence-corrected chi connectivity index (χ0v) is 11.8. The van der Waals surface area contributed by atoms with Gasteiger partial charge in [-0.05, 0) is 25.0 Å². The standard InChI is InChI=1S/C15H23N3O/c1-3-9-17-15(16-4-2)18-11-13-10-12-7-5-6-8-14(12)19-13/h5-8,13H,3-4,9-11H2,1-2H3,(H2,16,17,18). The maximum absolute atomic E-state index is 5.88. The summed E-state index contributed by atoms with van der Waals surface area (Å²) >= 11 is 0. The third kappa shape index (κ3) is 3.88. The Morgan fingerprint density at radius 3 is 2.89 bits per heavy atom. The Bertz CT molecular complexity index is 406. The Balaban J connectivity index is 1.87. The van der Waals surface area contributed by atoms with Crippen LogP contribution in [-0.2, 0) is 6.42 Å². The van der Waals surface area contributed by atoms with Crippen LogP contribution in [0.4, 0.5) is 0 Å². The van der Waals surface area contributed by atoms with Gasteiger partial charge in [-0.3, -0.25) is 0 Å². The first-order valence-corrected chi connectivity index (χ1v) is 7.10. The van der Waals surface area contributed by atoms with Crippen LogP contribution in [0.1, 0.15) is 25.8 Å². The second kappa shape index (κ2) is 7.02. The van der Waals surface area contributed by atoms with Gasteiger partial charge in [0.05, 0.1) is 6.54 Å². The minimum absolute atomic E-state index is 0.162. The number of para-hydroxylation sites is 1. The van der Waals surface area contributed by atoms with E-state index in [0.29, 0.717) is 6.54 Å². The van der Waals surface area contributed by atoms with Gasteiger partial charge in [0.1, 0.15) is 11.9 Å². The first-order valence-electron chi connectivity index (χ1n) is 7.10. The van der Waals surface area contributed by atoms with Crippen LogP contribution in [0.3, 0.4) is 0 Å². The summed E-state index contributed by atoms with van der Waals surface area (Å²) in [6.45, 7) is 6.73. The molecular formula is C15H23N3O. The van der Waals surface area contributed by atoms with E-state index in [0.717, 1.165) is 37.6 Å². The summed E-state index contributed by atoms with van der Waals surface area (Å²) in [4.78, 5) is 4.59. The van der Waals surface area contributed by atoms with E-state index in [2.05, 4.69) is 41.6 Å². The van der Waals surface area contributed by atoms with Crippen molar-refractivity contribution in [2.45, 2.75) is 32.8 Å². The maximum Gasteiger partial charge on any atom is 0.191 e.